The van der Waals surface area contributed by atoms with E-state index < -0.39 is 0 Å². The third-order valence-electron chi connectivity index (χ3n) is 3.46. The van der Waals surface area contributed by atoms with E-state index in [0.29, 0.717) is 27.5 Å². The van der Waals surface area contributed by atoms with Crippen molar-refractivity contribution in [2.75, 3.05) is 11.1 Å². The molecular formula is C17H16BrClN4O2S. The Kier molecular flexibility index (Phi) is 6.05. The normalized spacial score (nSPS) is 11.1. The number of nitrogens with zero attached hydrogens (tertiary/aromatic N) is 3. The second-order valence-corrected chi connectivity index (χ2v) is 7.97. The molecule has 0 radical (unpaired) electrons. The molecule has 0 saturated carbocycles. The summed E-state index contributed by atoms with van der Waals surface area (Å²) in [5.74, 6) is 1.31. The minimum atomic E-state index is -0.169. The average Bonchev–Trinajstić information content (AvgIpc) is 3.24. The number of amides is 1. The molecule has 9 heteroatoms. The van der Waals surface area contributed by atoms with Crippen molar-refractivity contribution >= 4 is 50.9 Å². The summed E-state index contributed by atoms with van der Waals surface area (Å²) in [5, 5.41) is 12.3. The lowest BCUT2D eigenvalue weighted by atomic mass is 10.3. The van der Waals surface area contributed by atoms with Crippen LogP contribution in [0.4, 0.5) is 5.69 Å². The Bertz CT molecular complexity index is 912. The number of halogens is 2. The highest BCUT2D eigenvalue weighted by atomic mass is 79.9. The van der Waals surface area contributed by atoms with E-state index in [0.717, 1.165) is 4.47 Å². The summed E-state index contributed by atoms with van der Waals surface area (Å²) in [6, 6.07) is 9.06. The van der Waals surface area contributed by atoms with Crippen LogP contribution in [0.5, 0.6) is 0 Å². The first-order valence-corrected chi connectivity index (χ1v) is 9.98. The van der Waals surface area contributed by atoms with E-state index in [1.54, 1.807) is 24.5 Å². The van der Waals surface area contributed by atoms with Crippen LogP contribution in [0.3, 0.4) is 0 Å². The van der Waals surface area contributed by atoms with Crippen LogP contribution in [0.25, 0.3) is 11.6 Å². The summed E-state index contributed by atoms with van der Waals surface area (Å²) in [4.78, 5) is 12.3. The lowest BCUT2D eigenvalue weighted by Gasteiger charge is -2.12. The second kappa shape index (κ2) is 8.28. The molecule has 0 saturated heterocycles. The van der Waals surface area contributed by atoms with E-state index in [-0.39, 0.29) is 17.7 Å². The van der Waals surface area contributed by atoms with E-state index >= 15 is 0 Å². The molecular weight excluding hydrogens is 440 g/mol. The van der Waals surface area contributed by atoms with E-state index in [1.807, 2.05) is 30.5 Å². The molecule has 0 unspecified atom stereocenters. The van der Waals surface area contributed by atoms with Crippen molar-refractivity contribution < 1.29 is 9.21 Å². The summed E-state index contributed by atoms with van der Waals surface area (Å²) < 4.78 is 8.22. The van der Waals surface area contributed by atoms with Crippen LogP contribution in [0.2, 0.25) is 5.02 Å². The van der Waals surface area contributed by atoms with Crippen LogP contribution in [0.15, 0.2) is 50.6 Å². The molecule has 6 nitrogen and oxygen atoms in total. The summed E-state index contributed by atoms with van der Waals surface area (Å²) in [5.41, 5.74) is 0.571. The van der Waals surface area contributed by atoms with Gasteiger partial charge in [-0.2, -0.15) is 0 Å². The Morgan fingerprint density at radius 3 is 2.85 bits per heavy atom. The second-order valence-electron chi connectivity index (χ2n) is 5.71. The molecule has 0 aliphatic heterocycles. The maximum Gasteiger partial charge on any atom is 0.234 e. The Morgan fingerprint density at radius 1 is 1.38 bits per heavy atom. The molecule has 1 amide bonds. The van der Waals surface area contributed by atoms with Gasteiger partial charge in [-0.1, -0.05) is 39.3 Å². The fourth-order valence-electron chi connectivity index (χ4n) is 2.32. The van der Waals surface area contributed by atoms with Gasteiger partial charge in [0.05, 0.1) is 22.7 Å². The summed E-state index contributed by atoms with van der Waals surface area (Å²) >= 11 is 10.8. The van der Waals surface area contributed by atoms with Gasteiger partial charge in [-0.15, -0.1) is 10.2 Å². The molecule has 0 aliphatic rings. The molecule has 0 bridgehead atoms. The summed E-state index contributed by atoms with van der Waals surface area (Å²) in [6.07, 6.45) is 1.59. The van der Waals surface area contributed by atoms with Gasteiger partial charge in [0.1, 0.15) is 0 Å². The highest BCUT2D eigenvalue weighted by Gasteiger charge is 2.19. The summed E-state index contributed by atoms with van der Waals surface area (Å²) in [7, 11) is 0. The number of carbonyl (C=O) groups is 1. The molecule has 1 N–H and O–H groups in total. The Balaban J connectivity index is 1.70. The van der Waals surface area contributed by atoms with E-state index in [1.165, 1.54) is 11.8 Å². The number of benzene rings is 1. The van der Waals surface area contributed by atoms with Gasteiger partial charge < -0.3 is 9.73 Å². The molecule has 136 valence electrons. The number of furan rings is 1. The van der Waals surface area contributed by atoms with Gasteiger partial charge in [0.25, 0.3) is 0 Å². The van der Waals surface area contributed by atoms with Crippen molar-refractivity contribution in [3.63, 3.8) is 0 Å². The number of carbonyl (C=O) groups excluding carboxylic acids is 1. The summed E-state index contributed by atoms with van der Waals surface area (Å²) in [6.45, 7) is 4.06. The van der Waals surface area contributed by atoms with Crippen LogP contribution in [0.1, 0.15) is 19.9 Å². The van der Waals surface area contributed by atoms with E-state index in [9.17, 15) is 4.79 Å². The number of anilines is 1. The van der Waals surface area contributed by atoms with Crippen molar-refractivity contribution in [3.8, 4) is 11.6 Å². The number of nitrogens with one attached hydrogen (secondary N) is 1. The van der Waals surface area contributed by atoms with Crippen molar-refractivity contribution in [3.05, 3.63) is 46.1 Å². The van der Waals surface area contributed by atoms with Crippen LogP contribution in [0, 0.1) is 0 Å². The topological polar surface area (TPSA) is 73.0 Å². The average molecular weight is 456 g/mol. The number of thioether (sulfide) groups is 1. The van der Waals surface area contributed by atoms with Gasteiger partial charge in [0, 0.05) is 10.5 Å². The SMILES string of the molecule is CC(C)n1c(SCC(=O)Nc2ccc(Br)cc2Cl)nnc1-c1ccco1. The molecule has 2 aromatic heterocycles. The first-order chi connectivity index (χ1) is 12.5. The predicted molar refractivity (Wildman–Crippen MR) is 107 cm³/mol. The highest BCUT2D eigenvalue weighted by molar-refractivity contribution is 9.10. The molecule has 0 atom stereocenters. The first kappa shape index (κ1) is 19.0. The minimum absolute atomic E-state index is 0.122. The Labute approximate surface area is 168 Å². The van der Waals surface area contributed by atoms with Gasteiger partial charge in [0.15, 0.2) is 10.9 Å². The zero-order valence-corrected chi connectivity index (χ0v) is 17.2. The smallest absolute Gasteiger partial charge is 0.234 e. The predicted octanol–water partition coefficient (Wildman–Crippen LogP) is 5.27. The maximum atomic E-state index is 12.3. The molecule has 0 spiro atoms. The van der Waals surface area contributed by atoms with Crippen molar-refractivity contribution in [2.24, 2.45) is 0 Å². The van der Waals surface area contributed by atoms with Crippen LogP contribution < -0.4 is 5.32 Å². The minimum Gasteiger partial charge on any atom is -0.461 e. The number of hydrogen-bond acceptors (Lipinski definition) is 5. The monoisotopic (exact) mass is 454 g/mol. The van der Waals surface area contributed by atoms with Gasteiger partial charge in [0.2, 0.25) is 11.7 Å². The molecule has 2 heterocycles. The fourth-order valence-corrected chi connectivity index (χ4v) is 3.91. The van der Waals surface area contributed by atoms with Crippen LogP contribution in [-0.4, -0.2) is 26.4 Å². The van der Waals surface area contributed by atoms with Crippen LogP contribution >= 0.6 is 39.3 Å². The third kappa shape index (κ3) is 4.31. The lowest BCUT2D eigenvalue weighted by Crippen LogP contribution is -2.15. The van der Waals surface area contributed by atoms with Crippen LogP contribution in [-0.2, 0) is 4.79 Å². The highest BCUT2D eigenvalue weighted by Crippen LogP contribution is 2.29. The largest absolute Gasteiger partial charge is 0.461 e. The van der Waals surface area contributed by atoms with Crippen molar-refractivity contribution in [1.29, 1.82) is 0 Å². The van der Waals surface area contributed by atoms with Crippen molar-refractivity contribution in [1.82, 2.24) is 14.8 Å². The maximum absolute atomic E-state index is 12.3. The van der Waals surface area contributed by atoms with Gasteiger partial charge in [-0.25, -0.2) is 0 Å². The zero-order chi connectivity index (χ0) is 18.7. The molecule has 0 aliphatic carbocycles. The number of hydrogen-bond donors (Lipinski definition) is 1. The number of rotatable bonds is 6. The van der Waals surface area contributed by atoms with E-state index in [4.69, 9.17) is 16.0 Å². The molecule has 1 aromatic carbocycles. The van der Waals surface area contributed by atoms with Gasteiger partial charge in [-0.3, -0.25) is 9.36 Å². The Morgan fingerprint density at radius 2 is 2.19 bits per heavy atom. The fraction of sp³-hybridized carbons (Fsp3) is 0.235. The third-order valence-corrected chi connectivity index (χ3v) is 5.21. The standard InChI is InChI=1S/C17H16BrClN4O2S/c1-10(2)23-16(14-4-3-7-25-14)21-22-17(23)26-9-15(24)20-13-6-5-11(18)8-12(13)19/h3-8,10H,9H2,1-2H3,(H,20,24). The molecule has 3 aromatic rings. The van der Waals surface area contributed by atoms with Crippen molar-refractivity contribution in [2.45, 2.75) is 25.0 Å². The van der Waals surface area contributed by atoms with Gasteiger partial charge in [-0.05, 0) is 44.2 Å². The van der Waals surface area contributed by atoms with E-state index in [2.05, 4.69) is 31.4 Å². The molecule has 26 heavy (non-hydrogen) atoms. The first-order valence-electron chi connectivity index (χ1n) is 7.82. The quantitative estimate of drug-likeness (QED) is 0.513. The van der Waals surface area contributed by atoms with Gasteiger partial charge >= 0.3 is 0 Å². The molecule has 0 fully saturated rings. The molecule has 3 rings (SSSR count). The number of aromatic nitrogens is 3. The Hall–Kier alpha value is -1.77. The lowest BCUT2D eigenvalue weighted by molar-refractivity contribution is -0.113. The zero-order valence-electron chi connectivity index (χ0n) is 14.1.